The molecule has 7 nitrogen and oxygen atoms in total. The fourth-order valence-corrected chi connectivity index (χ4v) is 3.45. The van der Waals surface area contributed by atoms with Gasteiger partial charge in [-0.25, -0.2) is 4.79 Å². The third kappa shape index (κ3) is 15.7. The Morgan fingerprint density at radius 2 is 1.88 bits per heavy atom. The average Bonchev–Trinajstić information content (AvgIpc) is 2.43. The largest absolute Gasteiger partial charge is 0.481 e. The Hall–Kier alpha value is -1.53. The van der Waals surface area contributed by atoms with Crippen molar-refractivity contribution in [3.8, 4) is 12.3 Å². The highest BCUT2D eigenvalue weighted by Gasteiger charge is 2.20. The molecule has 0 aliphatic carbocycles. The van der Waals surface area contributed by atoms with E-state index in [1.807, 2.05) is 0 Å². The molecule has 0 aromatic rings. The number of hydrogen-bond acceptors (Lipinski definition) is 6. The van der Waals surface area contributed by atoms with Gasteiger partial charge in [0.1, 0.15) is 5.60 Å². The van der Waals surface area contributed by atoms with Gasteiger partial charge in [-0.15, -0.1) is 12.3 Å². The molecule has 0 radical (unpaired) electrons. The van der Waals surface area contributed by atoms with Crippen LogP contribution in [-0.2, 0) is 14.3 Å². The molecule has 0 heterocycles. The lowest BCUT2D eigenvalue weighted by Crippen LogP contribution is -2.42. The first kappa shape index (κ1) is 23.5. The van der Waals surface area contributed by atoms with Gasteiger partial charge in [-0.1, -0.05) is 21.6 Å². The van der Waals surface area contributed by atoms with Gasteiger partial charge in [-0.3, -0.25) is 9.59 Å². The molecule has 0 bridgehead atoms. The van der Waals surface area contributed by atoms with Gasteiger partial charge in [0, 0.05) is 30.9 Å². The first-order chi connectivity index (χ1) is 11.6. The second-order valence-electron chi connectivity index (χ2n) is 6.09. The number of hydrogen-bond donors (Lipinski definition) is 3. The Balaban J connectivity index is 4.02. The second kappa shape index (κ2) is 12.8. The molecule has 2 amide bonds. The van der Waals surface area contributed by atoms with Crippen LogP contribution >= 0.6 is 21.6 Å². The topological polar surface area (TPSA) is 105 Å². The number of carboxylic acid groups (broad SMARTS) is 1. The van der Waals surface area contributed by atoms with Gasteiger partial charge in [0.15, 0.2) is 0 Å². The summed E-state index contributed by atoms with van der Waals surface area (Å²) in [5.74, 6) is 2.59. The number of carboxylic acids is 1. The predicted molar refractivity (Wildman–Crippen MR) is 101 cm³/mol. The van der Waals surface area contributed by atoms with Crippen LogP contribution in [0, 0.1) is 12.3 Å². The minimum atomic E-state index is -0.821. The summed E-state index contributed by atoms with van der Waals surface area (Å²) in [6.45, 7) is 5.71. The second-order valence-corrected chi connectivity index (χ2v) is 8.80. The SMILES string of the molecule is C#CCC(CC(=O)NCCSSCCC(=O)O)NC(=O)OC(C)(C)C. The van der Waals surface area contributed by atoms with Crippen LogP contribution in [0.4, 0.5) is 4.79 Å². The quantitative estimate of drug-likeness (QED) is 0.282. The first-order valence-corrected chi connectivity index (χ1v) is 10.3. The number of terminal acetylenes is 1. The van der Waals surface area contributed by atoms with Crippen LogP contribution in [0.1, 0.15) is 40.0 Å². The van der Waals surface area contributed by atoms with E-state index in [0.29, 0.717) is 18.1 Å². The Morgan fingerprint density at radius 3 is 2.44 bits per heavy atom. The summed E-state index contributed by atoms with van der Waals surface area (Å²) in [5, 5.41) is 13.9. The number of amides is 2. The van der Waals surface area contributed by atoms with Crippen LogP contribution in [0.5, 0.6) is 0 Å². The van der Waals surface area contributed by atoms with E-state index < -0.39 is 23.7 Å². The minimum absolute atomic E-state index is 0.0697. The molecule has 0 aromatic heterocycles. The normalized spacial score (nSPS) is 11.9. The van der Waals surface area contributed by atoms with E-state index in [4.69, 9.17) is 16.3 Å². The number of nitrogens with one attached hydrogen (secondary N) is 2. The van der Waals surface area contributed by atoms with Crippen molar-refractivity contribution in [2.24, 2.45) is 0 Å². The molecule has 0 aliphatic heterocycles. The van der Waals surface area contributed by atoms with Crippen LogP contribution in [-0.4, -0.2) is 52.8 Å². The number of carbonyl (C=O) groups is 3. The number of ether oxygens (including phenoxy) is 1. The van der Waals surface area contributed by atoms with Gasteiger partial charge in [-0.2, -0.15) is 0 Å². The zero-order chi connectivity index (χ0) is 19.3. The van der Waals surface area contributed by atoms with Gasteiger partial charge < -0.3 is 20.5 Å². The van der Waals surface area contributed by atoms with Gasteiger partial charge in [0.05, 0.1) is 12.5 Å². The smallest absolute Gasteiger partial charge is 0.407 e. The van der Waals surface area contributed by atoms with E-state index in [1.54, 1.807) is 20.8 Å². The van der Waals surface area contributed by atoms with Gasteiger partial charge in [-0.05, 0) is 20.8 Å². The van der Waals surface area contributed by atoms with Crippen molar-refractivity contribution in [3.63, 3.8) is 0 Å². The highest BCUT2D eigenvalue weighted by atomic mass is 33.1. The minimum Gasteiger partial charge on any atom is -0.481 e. The zero-order valence-corrected chi connectivity index (χ0v) is 16.4. The van der Waals surface area contributed by atoms with Crippen molar-refractivity contribution < 1.29 is 24.2 Å². The van der Waals surface area contributed by atoms with Crippen LogP contribution in [0.15, 0.2) is 0 Å². The molecule has 1 unspecified atom stereocenters. The molecule has 0 aromatic carbocycles. The lowest BCUT2D eigenvalue weighted by molar-refractivity contribution is -0.136. The molecule has 25 heavy (non-hydrogen) atoms. The maximum Gasteiger partial charge on any atom is 0.407 e. The molecular weight excluding hydrogens is 364 g/mol. The fourth-order valence-electron chi connectivity index (χ4n) is 1.57. The van der Waals surface area contributed by atoms with Crippen LogP contribution in [0.25, 0.3) is 0 Å². The van der Waals surface area contributed by atoms with Gasteiger partial charge >= 0.3 is 12.1 Å². The standard InChI is InChI=1S/C16H26N2O5S2/c1-5-6-12(18-15(22)23-16(2,3)4)11-13(19)17-8-10-25-24-9-7-14(20)21/h1,12H,6-11H2,2-4H3,(H,17,19)(H,18,22)(H,20,21). The summed E-state index contributed by atoms with van der Waals surface area (Å²) in [4.78, 5) is 34.0. The Morgan fingerprint density at radius 1 is 1.24 bits per heavy atom. The molecule has 0 saturated carbocycles. The maximum atomic E-state index is 11.9. The van der Waals surface area contributed by atoms with E-state index in [1.165, 1.54) is 21.6 Å². The van der Waals surface area contributed by atoms with Crippen molar-refractivity contribution in [2.75, 3.05) is 18.1 Å². The molecule has 0 rings (SSSR count). The molecule has 142 valence electrons. The molecular formula is C16H26N2O5S2. The summed E-state index contributed by atoms with van der Waals surface area (Å²) >= 11 is 0. The summed E-state index contributed by atoms with van der Waals surface area (Å²) in [5.41, 5.74) is -0.622. The van der Waals surface area contributed by atoms with E-state index in [0.717, 1.165) is 0 Å². The Labute approximate surface area is 156 Å². The van der Waals surface area contributed by atoms with Crippen LogP contribution in [0.3, 0.4) is 0 Å². The average molecular weight is 391 g/mol. The predicted octanol–water partition coefficient (Wildman–Crippen LogP) is 2.27. The summed E-state index contributed by atoms with van der Waals surface area (Å²) in [6, 6.07) is -0.488. The highest BCUT2D eigenvalue weighted by Crippen LogP contribution is 2.20. The third-order valence-corrected chi connectivity index (χ3v) is 4.92. The van der Waals surface area contributed by atoms with Gasteiger partial charge in [0.25, 0.3) is 0 Å². The summed E-state index contributed by atoms with van der Waals surface area (Å²) in [7, 11) is 2.95. The van der Waals surface area contributed by atoms with Crippen molar-refractivity contribution in [3.05, 3.63) is 0 Å². The molecule has 0 fully saturated rings. The first-order valence-electron chi connectivity index (χ1n) is 7.80. The summed E-state index contributed by atoms with van der Waals surface area (Å²) in [6.07, 6.45) is 5.09. The third-order valence-electron chi connectivity index (χ3n) is 2.51. The highest BCUT2D eigenvalue weighted by molar-refractivity contribution is 8.76. The van der Waals surface area contributed by atoms with Gasteiger partial charge in [0.2, 0.25) is 5.91 Å². The van der Waals surface area contributed by atoms with E-state index >= 15 is 0 Å². The fraction of sp³-hybridized carbons (Fsp3) is 0.688. The van der Waals surface area contributed by atoms with Crippen molar-refractivity contribution in [2.45, 2.75) is 51.7 Å². The van der Waals surface area contributed by atoms with Crippen molar-refractivity contribution >= 4 is 39.6 Å². The molecule has 0 saturated heterocycles. The molecule has 0 spiro atoms. The number of rotatable bonds is 11. The maximum absolute atomic E-state index is 11.9. The van der Waals surface area contributed by atoms with E-state index in [2.05, 4.69) is 16.6 Å². The Kier molecular flexibility index (Phi) is 12.0. The Bertz CT molecular complexity index is 486. The number of aliphatic carboxylic acids is 1. The van der Waals surface area contributed by atoms with Crippen LogP contribution in [0.2, 0.25) is 0 Å². The molecule has 1 atom stereocenters. The number of alkyl carbamates (subject to hydrolysis) is 1. The number of carbonyl (C=O) groups excluding carboxylic acids is 2. The van der Waals surface area contributed by atoms with E-state index in [-0.39, 0.29) is 25.2 Å². The molecule has 9 heteroatoms. The lowest BCUT2D eigenvalue weighted by Gasteiger charge is -2.22. The molecule has 0 aliphatic rings. The monoisotopic (exact) mass is 390 g/mol. The zero-order valence-electron chi connectivity index (χ0n) is 14.8. The van der Waals surface area contributed by atoms with Crippen LogP contribution < -0.4 is 10.6 Å². The van der Waals surface area contributed by atoms with Crippen molar-refractivity contribution in [1.82, 2.24) is 10.6 Å². The van der Waals surface area contributed by atoms with E-state index in [9.17, 15) is 14.4 Å². The summed E-state index contributed by atoms with van der Waals surface area (Å²) < 4.78 is 5.15. The molecule has 3 N–H and O–H groups in total. The van der Waals surface area contributed by atoms with Crippen molar-refractivity contribution in [1.29, 1.82) is 0 Å². The lowest BCUT2D eigenvalue weighted by atomic mass is 10.1.